The van der Waals surface area contributed by atoms with E-state index in [1.165, 1.54) is 12.8 Å². The molecule has 2 unspecified atom stereocenters. The van der Waals surface area contributed by atoms with E-state index in [-0.39, 0.29) is 5.91 Å². The van der Waals surface area contributed by atoms with Crippen molar-refractivity contribution in [1.29, 1.82) is 0 Å². The van der Waals surface area contributed by atoms with Crippen LogP contribution in [-0.2, 0) is 0 Å². The van der Waals surface area contributed by atoms with Gasteiger partial charge >= 0.3 is 0 Å². The summed E-state index contributed by atoms with van der Waals surface area (Å²) < 4.78 is 1.85. The number of amides is 1. The molecule has 20 heavy (non-hydrogen) atoms. The molecule has 5 heteroatoms. The van der Waals surface area contributed by atoms with Gasteiger partial charge in [-0.2, -0.15) is 0 Å². The fourth-order valence-electron chi connectivity index (χ4n) is 3.32. The summed E-state index contributed by atoms with van der Waals surface area (Å²) in [5.41, 5.74) is 0.762. The van der Waals surface area contributed by atoms with E-state index < -0.39 is 0 Å². The number of carbonyl (C=O) groups is 1. The molecular weight excluding hydrogens is 384 g/mol. The summed E-state index contributed by atoms with van der Waals surface area (Å²) in [6, 6.07) is 6.60. The van der Waals surface area contributed by atoms with Gasteiger partial charge in [-0.25, -0.2) is 0 Å². The molecular formula is C15H18Br2N2O. The molecule has 1 N–H and O–H groups in total. The Labute approximate surface area is 136 Å². The summed E-state index contributed by atoms with van der Waals surface area (Å²) in [4.78, 5) is 14.9. The first-order chi connectivity index (χ1) is 9.66. The Morgan fingerprint density at radius 3 is 2.80 bits per heavy atom. The number of rotatable bonds is 2. The maximum atomic E-state index is 12.8. The SMILES string of the molecule is O=C(c1ccc(Br)cc1Br)N1CCCC1C1CCCN1. The molecule has 3 nitrogen and oxygen atoms in total. The van der Waals surface area contributed by atoms with Crippen molar-refractivity contribution in [3.05, 3.63) is 32.7 Å². The van der Waals surface area contributed by atoms with Gasteiger partial charge in [-0.15, -0.1) is 0 Å². The lowest BCUT2D eigenvalue weighted by Gasteiger charge is -2.30. The average molecular weight is 402 g/mol. The Hall–Kier alpha value is -0.390. The van der Waals surface area contributed by atoms with Crippen molar-refractivity contribution in [2.75, 3.05) is 13.1 Å². The first-order valence-corrected chi connectivity index (χ1v) is 8.75. The van der Waals surface area contributed by atoms with Gasteiger partial charge in [0.05, 0.1) is 5.56 Å². The minimum absolute atomic E-state index is 0.153. The Balaban J connectivity index is 1.81. The lowest BCUT2D eigenvalue weighted by Crippen LogP contribution is -2.46. The molecule has 0 bridgehead atoms. The second kappa shape index (κ2) is 6.16. The molecule has 0 aromatic heterocycles. The third kappa shape index (κ3) is 2.81. The molecule has 2 atom stereocenters. The number of hydrogen-bond donors (Lipinski definition) is 1. The van der Waals surface area contributed by atoms with E-state index in [9.17, 15) is 4.79 Å². The van der Waals surface area contributed by atoms with Crippen molar-refractivity contribution in [3.63, 3.8) is 0 Å². The summed E-state index contributed by atoms with van der Waals surface area (Å²) >= 11 is 6.93. The van der Waals surface area contributed by atoms with Gasteiger partial charge in [0.25, 0.3) is 5.91 Å². The van der Waals surface area contributed by atoms with Crippen molar-refractivity contribution in [1.82, 2.24) is 10.2 Å². The Morgan fingerprint density at radius 2 is 2.10 bits per heavy atom. The van der Waals surface area contributed by atoms with Crippen molar-refractivity contribution in [2.24, 2.45) is 0 Å². The third-order valence-electron chi connectivity index (χ3n) is 4.28. The van der Waals surface area contributed by atoms with Crippen LogP contribution in [0, 0.1) is 0 Å². The van der Waals surface area contributed by atoms with Crippen LogP contribution < -0.4 is 5.32 Å². The summed E-state index contributed by atoms with van der Waals surface area (Å²) in [6.45, 7) is 1.97. The highest BCUT2D eigenvalue weighted by atomic mass is 79.9. The van der Waals surface area contributed by atoms with Crippen LogP contribution in [0.1, 0.15) is 36.0 Å². The lowest BCUT2D eigenvalue weighted by atomic mass is 10.0. The number of benzene rings is 1. The summed E-state index contributed by atoms with van der Waals surface area (Å²) in [5.74, 6) is 0.153. The normalized spacial score (nSPS) is 26.2. The summed E-state index contributed by atoms with van der Waals surface area (Å²) in [5, 5.41) is 3.55. The minimum Gasteiger partial charge on any atom is -0.334 e. The fraction of sp³-hybridized carbons (Fsp3) is 0.533. The monoisotopic (exact) mass is 400 g/mol. The molecule has 2 heterocycles. The van der Waals surface area contributed by atoms with Crippen LogP contribution in [0.4, 0.5) is 0 Å². The van der Waals surface area contributed by atoms with Gasteiger partial charge in [-0.1, -0.05) is 15.9 Å². The molecule has 3 rings (SSSR count). The van der Waals surface area contributed by atoms with E-state index in [0.717, 1.165) is 40.4 Å². The highest BCUT2D eigenvalue weighted by Gasteiger charge is 2.36. The average Bonchev–Trinajstić information content (AvgIpc) is 3.09. The number of hydrogen-bond acceptors (Lipinski definition) is 2. The Bertz CT molecular complexity index is 515. The van der Waals surface area contributed by atoms with Gasteiger partial charge in [-0.05, 0) is 66.4 Å². The first kappa shape index (κ1) is 14.5. The van der Waals surface area contributed by atoms with E-state index in [4.69, 9.17) is 0 Å². The van der Waals surface area contributed by atoms with Crippen molar-refractivity contribution < 1.29 is 4.79 Å². The number of nitrogens with zero attached hydrogens (tertiary/aromatic N) is 1. The highest BCUT2D eigenvalue weighted by Crippen LogP contribution is 2.29. The molecule has 0 spiro atoms. The first-order valence-electron chi connectivity index (χ1n) is 7.16. The molecule has 2 fully saturated rings. The summed E-state index contributed by atoms with van der Waals surface area (Å²) in [7, 11) is 0. The van der Waals surface area contributed by atoms with Gasteiger partial charge in [0, 0.05) is 27.6 Å². The molecule has 108 valence electrons. The van der Waals surface area contributed by atoms with Gasteiger partial charge in [0.2, 0.25) is 0 Å². The van der Waals surface area contributed by atoms with E-state index in [1.54, 1.807) is 0 Å². The highest BCUT2D eigenvalue weighted by molar-refractivity contribution is 9.11. The van der Waals surface area contributed by atoms with E-state index in [1.807, 2.05) is 18.2 Å². The van der Waals surface area contributed by atoms with E-state index >= 15 is 0 Å². The second-order valence-electron chi connectivity index (χ2n) is 5.54. The predicted octanol–water partition coefficient (Wildman–Crippen LogP) is 3.57. The minimum atomic E-state index is 0.153. The van der Waals surface area contributed by atoms with Gasteiger partial charge in [0.1, 0.15) is 0 Å². The zero-order valence-electron chi connectivity index (χ0n) is 11.2. The van der Waals surface area contributed by atoms with Crippen LogP contribution >= 0.6 is 31.9 Å². The van der Waals surface area contributed by atoms with Crippen LogP contribution in [0.25, 0.3) is 0 Å². The second-order valence-corrected chi connectivity index (χ2v) is 7.31. The van der Waals surface area contributed by atoms with E-state index in [2.05, 4.69) is 42.1 Å². The molecule has 0 aliphatic carbocycles. The molecule has 2 aliphatic heterocycles. The van der Waals surface area contributed by atoms with Crippen LogP contribution in [0.5, 0.6) is 0 Å². The third-order valence-corrected chi connectivity index (χ3v) is 5.43. The standard InChI is InChI=1S/C15H18Br2N2O/c16-10-5-6-11(12(17)9-10)15(20)19-8-2-4-14(19)13-3-1-7-18-13/h5-6,9,13-14,18H,1-4,7-8H2. The number of likely N-dealkylation sites (tertiary alicyclic amines) is 1. The molecule has 1 aromatic rings. The van der Waals surface area contributed by atoms with Crippen molar-refractivity contribution in [3.8, 4) is 0 Å². The van der Waals surface area contributed by atoms with Crippen molar-refractivity contribution >= 4 is 37.8 Å². The van der Waals surface area contributed by atoms with Crippen LogP contribution in [0.15, 0.2) is 27.1 Å². The molecule has 2 aliphatic rings. The Morgan fingerprint density at radius 1 is 1.25 bits per heavy atom. The number of nitrogens with one attached hydrogen (secondary N) is 1. The smallest absolute Gasteiger partial charge is 0.255 e. The van der Waals surface area contributed by atoms with Gasteiger partial charge < -0.3 is 10.2 Å². The topological polar surface area (TPSA) is 32.3 Å². The van der Waals surface area contributed by atoms with Crippen LogP contribution in [0.2, 0.25) is 0 Å². The predicted molar refractivity (Wildman–Crippen MR) is 86.9 cm³/mol. The molecule has 0 radical (unpaired) electrons. The molecule has 2 saturated heterocycles. The number of carbonyl (C=O) groups excluding carboxylic acids is 1. The fourth-order valence-corrected chi connectivity index (χ4v) is 4.54. The van der Waals surface area contributed by atoms with Gasteiger partial charge in [0.15, 0.2) is 0 Å². The van der Waals surface area contributed by atoms with Crippen LogP contribution in [0.3, 0.4) is 0 Å². The van der Waals surface area contributed by atoms with Crippen molar-refractivity contribution in [2.45, 2.75) is 37.8 Å². The number of halogens is 2. The quantitative estimate of drug-likeness (QED) is 0.821. The largest absolute Gasteiger partial charge is 0.334 e. The molecule has 1 aromatic carbocycles. The molecule has 1 amide bonds. The summed E-state index contributed by atoms with van der Waals surface area (Å²) in [6.07, 6.45) is 4.65. The van der Waals surface area contributed by atoms with E-state index in [0.29, 0.717) is 12.1 Å². The zero-order chi connectivity index (χ0) is 14.1. The van der Waals surface area contributed by atoms with Gasteiger partial charge in [-0.3, -0.25) is 4.79 Å². The maximum Gasteiger partial charge on any atom is 0.255 e. The zero-order valence-corrected chi connectivity index (χ0v) is 14.4. The lowest BCUT2D eigenvalue weighted by molar-refractivity contribution is 0.0710. The maximum absolute atomic E-state index is 12.8. The molecule has 0 saturated carbocycles. The van der Waals surface area contributed by atoms with Crippen LogP contribution in [-0.4, -0.2) is 36.0 Å². The Kier molecular flexibility index (Phi) is 4.48.